The lowest BCUT2D eigenvalue weighted by Crippen LogP contribution is -2.62. The molecule has 0 aromatic carbocycles. The first-order valence-electron chi connectivity index (χ1n) is 9.65. The summed E-state index contributed by atoms with van der Waals surface area (Å²) in [5.74, 6) is 1.55. The van der Waals surface area contributed by atoms with Crippen LogP contribution < -0.4 is 0 Å². The molecule has 2 amide bonds. The van der Waals surface area contributed by atoms with Gasteiger partial charge in [-0.05, 0) is 13.8 Å². The van der Waals surface area contributed by atoms with Gasteiger partial charge in [0, 0.05) is 57.2 Å². The number of amides is 2. The van der Waals surface area contributed by atoms with Crippen molar-refractivity contribution >= 4 is 11.8 Å². The van der Waals surface area contributed by atoms with Gasteiger partial charge in [-0.25, -0.2) is 0 Å². The highest BCUT2D eigenvalue weighted by atomic mass is 16.5. The molecule has 0 saturated carbocycles. The topological polar surface area (TPSA) is 107 Å². The number of hydrogen-bond acceptors (Lipinski definition) is 7. The summed E-state index contributed by atoms with van der Waals surface area (Å²) in [4.78, 5) is 28.9. The molecule has 10 heteroatoms. The van der Waals surface area contributed by atoms with Crippen LogP contribution in [0.5, 0.6) is 0 Å². The molecule has 0 N–H and O–H groups in total. The molecule has 2 fully saturated rings. The lowest BCUT2D eigenvalue weighted by Gasteiger charge is -2.50. The molecule has 29 heavy (non-hydrogen) atoms. The highest BCUT2D eigenvalue weighted by Crippen LogP contribution is 2.48. The van der Waals surface area contributed by atoms with Gasteiger partial charge in [-0.1, -0.05) is 5.16 Å². The fourth-order valence-corrected chi connectivity index (χ4v) is 4.56. The zero-order valence-corrected chi connectivity index (χ0v) is 17.2. The van der Waals surface area contributed by atoms with E-state index in [1.165, 1.54) is 7.11 Å². The number of carbonyl (C=O) groups is 2. The number of aromatic nitrogens is 4. The van der Waals surface area contributed by atoms with Crippen molar-refractivity contribution in [2.24, 2.45) is 12.5 Å². The number of rotatable bonds is 5. The molecule has 10 nitrogen and oxygen atoms in total. The van der Waals surface area contributed by atoms with E-state index in [2.05, 4.69) is 15.4 Å². The number of nitrogens with zero attached hydrogens (tertiary/aromatic N) is 6. The molecular formula is C19H26N6O4. The molecule has 2 aromatic heterocycles. The number of carbonyl (C=O) groups excluding carboxylic acids is 2. The predicted molar refractivity (Wildman–Crippen MR) is 101 cm³/mol. The predicted octanol–water partition coefficient (Wildman–Crippen LogP) is 0.0634. The average molecular weight is 402 g/mol. The van der Waals surface area contributed by atoms with Crippen LogP contribution >= 0.6 is 0 Å². The Balaban J connectivity index is 1.50. The Morgan fingerprint density at radius 3 is 2.55 bits per heavy atom. The number of ether oxygens (including phenoxy) is 1. The first-order valence-corrected chi connectivity index (χ1v) is 9.65. The summed E-state index contributed by atoms with van der Waals surface area (Å²) in [6.07, 6.45) is 1.94. The lowest BCUT2D eigenvalue weighted by molar-refractivity contribution is -0.143. The van der Waals surface area contributed by atoms with Crippen molar-refractivity contribution in [3.8, 4) is 0 Å². The van der Waals surface area contributed by atoms with E-state index in [0.29, 0.717) is 31.9 Å². The van der Waals surface area contributed by atoms with Crippen molar-refractivity contribution in [2.75, 3.05) is 39.9 Å². The van der Waals surface area contributed by atoms with E-state index in [1.54, 1.807) is 6.33 Å². The fourth-order valence-electron chi connectivity index (χ4n) is 4.56. The second-order valence-electron chi connectivity index (χ2n) is 8.15. The Morgan fingerprint density at radius 1 is 1.24 bits per heavy atom. The van der Waals surface area contributed by atoms with Gasteiger partial charge in [0.1, 0.15) is 24.5 Å². The minimum absolute atomic E-state index is 0.0268. The first-order chi connectivity index (χ1) is 13.8. The van der Waals surface area contributed by atoms with Crippen molar-refractivity contribution in [1.29, 1.82) is 0 Å². The number of hydrogen-bond donors (Lipinski definition) is 0. The van der Waals surface area contributed by atoms with Crippen LogP contribution in [-0.2, 0) is 27.8 Å². The third-order valence-corrected chi connectivity index (χ3v) is 6.20. The number of aryl methyl sites for hydroxylation is 3. The molecule has 4 rings (SSSR count). The average Bonchev–Trinajstić information content (AvgIpc) is 3.33. The van der Waals surface area contributed by atoms with Gasteiger partial charge in [-0.2, -0.15) is 0 Å². The maximum absolute atomic E-state index is 12.8. The van der Waals surface area contributed by atoms with Crippen molar-refractivity contribution in [3.05, 3.63) is 29.2 Å². The lowest BCUT2D eigenvalue weighted by atomic mass is 9.71. The fraction of sp³-hybridized carbons (Fsp3) is 0.632. The Bertz CT molecular complexity index is 910. The smallest absolute Gasteiger partial charge is 0.248 e. The monoisotopic (exact) mass is 402 g/mol. The molecule has 4 heterocycles. The summed E-state index contributed by atoms with van der Waals surface area (Å²) in [7, 11) is 3.42. The number of likely N-dealkylation sites (tertiary alicyclic amines) is 2. The van der Waals surface area contributed by atoms with Crippen LogP contribution in [0.1, 0.15) is 28.8 Å². The third kappa shape index (κ3) is 3.31. The van der Waals surface area contributed by atoms with Crippen LogP contribution in [0.2, 0.25) is 0 Å². The summed E-state index contributed by atoms with van der Waals surface area (Å²) < 4.78 is 12.1. The second-order valence-corrected chi connectivity index (χ2v) is 8.15. The van der Waals surface area contributed by atoms with Crippen molar-refractivity contribution < 1.29 is 18.8 Å². The minimum atomic E-state index is -0.210. The van der Waals surface area contributed by atoms with E-state index in [9.17, 15) is 9.59 Å². The summed E-state index contributed by atoms with van der Waals surface area (Å²) in [5, 5.41) is 12.2. The largest absolute Gasteiger partial charge is 0.375 e. The van der Waals surface area contributed by atoms with Crippen LogP contribution in [0.4, 0.5) is 0 Å². The normalized spacial score (nSPS) is 20.3. The van der Waals surface area contributed by atoms with E-state index >= 15 is 0 Å². The third-order valence-electron chi connectivity index (χ3n) is 6.20. The molecule has 1 atom stereocenters. The van der Waals surface area contributed by atoms with Crippen molar-refractivity contribution in [1.82, 2.24) is 29.7 Å². The minimum Gasteiger partial charge on any atom is -0.375 e. The molecule has 1 unspecified atom stereocenters. The zero-order valence-electron chi connectivity index (χ0n) is 17.2. The summed E-state index contributed by atoms with van der Waals surface area (Å²) in [6.45, 7) is 6.03. The van der Waals surface area contributed by atoms with E-state index in [0.717, 1.165) is 17.1 Å². The van der Waals surface area contributed by atoms with E-state index in [-0.39, 0.29) is 36.2 Å². The molecular weight excluding hydrogens is 376 g/mol. The van der Waals surface area contributed by atoms with Crippen molar-refractivity contribution in [3.63, 3.8) is 0 Å². The number of methoxy groups -OCH3 is 1. The van der Waals surface area contributed by atoms with Gasteiger partial charge in [0.05, 0.1) is 12.1 Å². The summed E-state index contributed by atoms with van der Waals surface area (Å²) >= 11 is 0. The molecule has 2 aromatic rings. The van der Waals surface area contributed by atoms with E-state index in [1.807, 2.05) is 35.3 Å². The Morgan fingerprint density at radius 2 is 1.97 bits per heavy atom. The highest BCUT2D eigenvalue weighted by molar-refractivity contribution is 5.81. The maximum Gasteiger partial charge on any atom is 0.248 e. The van der Waals surface area contributed by atoms with E-state index in [4.69, 9.17) is 9.26 Å². The summed E-state index contributed by atoms with van der Waals surface area (Å²) in [6, 6.07) is 0. The summed E-state index contributed by atoms with van der Waals surface area (Å²) in [5.41, 5.74) is 1.39. The van der Waals surface area contributed by atoms with E-state index < -0.39 is 0 Å². The standard InChI is InChI=1S/C19H26N6O4/c1-12-14(13(2)29-22-12)5-16(26)25-9-19(10-25)8-24(17(27)7-28-4)6-15(19)18-21-20-11-23(18)3/h11,15H,5-10H2,1-4H3. The Labute approximate surface area is 168 Å². The van der Waals surface area contributed by atoms with Gasteiger partial charge < -0.3 is 23.6 Å². The van der Waals surface area contributed by atoms with Crippen LogP contribution in [0.3, 0.4) is 0 Å². The maximum atomic E-state index is 12.8. The molecule has 0 radical (unpaired) electrons. The second kappa shape index (κ2) is 7.25. The molecule has 1 spiro atoms. The molecule has 2 aliphatic rings. The Kier molecular flexibility index (Phi) is 4.89. The highest BCUT2D eigenvalue weighted by Gasteiger charge is 2.57. The van der Waals surface area contributed by atoms with Gasteiger partial charge in [0.15, 0.2) is 0 Å². The van der Waals surface area contributed by atoms with Gasteiger partial charge >= 0.3 is 0 Å². The SMILES string of the molecule is COCC(=O)N1CC(c2nncn2C)C2(C1)CN(C(=O)Cc1c(C)noc1C)C2. The van der Waals surface area contributed by atoms with Gasteiger partial charge in [0.2, 0.25) is 11.8 Å². The quantitative estimate of drug-likeness (QED) is 0.696. The Hall–Kier alpha value is -2.75. The van der Waals surface area contributed by atoms with Gasteiger partial charge in [0.25, 0.3) is 0 Å². The molecule has 2 aliphatic heterocycles. The van der Waals surface area contributed by atoms with Crippen LogP contribution in [0, 0.1) is 19.3 Å². The molecule has 2 saturated heterocycles. The van der Waals surface area contributed by atoms with Crippen LogP contribution in [-0.4, -0.2) is 81.4 Å². The zero-order chi connectivity index (χ0) is 20.8. The molecule has 0 bridgehead atoms. The van der Waals surface area contributed by atoms with Gasteiger partial charge in [-0.3, -0.25) is 9.59 Å². The molecule has 156 valence electrons. The van der Waals surface area contributed by atoms with Crippen LogP contribution in [0.15, 0.2) is 10.9 Å². The molecule has 0 aliphatic carbocycles. The van der Waals surface area contributed by atoms with Crippen molar-refractivity contribution in [2.45, 2.75) is 26.2 Å². The van der Waals surface area contributed by atoms with Crippen LogP contribution in [0.25, 0.3) is 0 Å². The van der Waals surface area contributed by atoms with Gasteiger partial charge in [-0.15, -0.1) is 10.2 Å². The first kappa shape index (κ1) is 19.6.